The lowest BCUT2D eigenvalue weighted by Gasteiger charge is -2.34. The fourth-order valence-electron chi connectivity index (χ4n) is 4.83. The van der Waals surface area contributed by atoms with Crippen molar-refractivity contribution >= 4 is 29.2 Å². The highest BCUT2D eigenvalue weighted by Gasteiger charge is 2.37. The number of likely N-dealkylation sites (tertiary alicyclic amines) is 1. The number of hydrogen-bond donors (Lipinski definition) is 0. The molecule has 1 fully saturated rings. The molecule has 0 N–H and O–H groups in total. The van der Waals surface area contributed by atoms with Gasteiger partial charge in [0.1, 0.15) is 6.04 Å². The fourth-order valence-corrected chi connectivity index (χ4v) is 4.95. The number of hydrogen-bond acceptors (Lipinski definition) is 5. The molecule has 0 spiro atoms. The van der Waals surface area contributed by atoms with Crippen molar-refractivity contribution in [3.05, 3.63) is 69.7 Å². The second-order valence-electron chi connectivity index (χ2n) is 9.11. The lowest BCUT2D eigenvalue weighted by atomic mass is 9.95. The number of carbonyl (C=O) groups is 2. The molecule has 6 nitrogen and oxygen atoms in total. The smallest absolute Gasteiger partial charge is 0.323 e. The third-order valence-corrected chi connectivity index (χ3v) is 6.89. The van der Waals surface area contributed by atoms with Gasteiger partial charge in [-0.05, 0) is 69.5 Å². The Morgan fingerprint density at radius 1 is 1.12 bits per heavy atom. The summed E-state index contributed by atoms with van der Waals surface area (Å²) in [6.07, 6.45) is 3.25. The number of benzene rings is 2. The zero-order valence-electron chi connectivity index (χ0n) is 20.1. The molecule has 2 atom stereocenters. The molecule has 0 saturated carbocycles. The molecule has 0 unspecified atom stereocenters. The van der Waals surface area contributed by atoms with Gasteiger partial charge in [0.25, 0.3) is 5.91 Å². The summed E-state index contributed by atoms with van der Waals surface area (Å²) in [4.78, 5) is 28.1. The van der Waals surface area contributed by atoms with Crippen molar-refractivity contribution in [2.75, 3.05) is 19.7 Å². The van der Waals surface area contributed by atoms with Crippen molar-refractivity contribution in [3.63, 3.8) is 0 Å². The SMILES string of the molecule is CCOC(=O)[C@@H]1CCCCN1CC(=O)N1N=C(c2cc(C)ccc2C)C[C@@H]1c1ccc(Cl)cc1. The van der Waals surface area contributed by atoms with Crippen molar-refractivity contribution in [3.8, 4) is 0 Å². The quantitative estimate of drug-likeness (QED) is 0.541. The lowest BCUT2D eigenvalue weighted by molar-refractivity contribution is -0.152. The predicted molar refractivity (Wildman–Crippen MR) is 134 cm³/mol. The van der Waals surface area contributed by atoms with Gasteiger partial charge in [-0.2, -0.15) is 5.10 Å². The summed E-state index contributed by atoms with van der Waals surface area (Å²) in [6.45, 7) is 7.10. The second-order valence-corrected chi connectivity index (χ2v) is 9.55. The Morgan fingerprint density at radius 3 is 2.62 bits per heavy atom. The minimum absolute atomic E-state index is 0.114. The monoisotopic (exact) mass is 481 g/mol. The number of piperidine rings is 1. The number of halogens is 1. The number of ether oxygens (including phenoxy) is 1. The van der Waals surface area contributed by atoms with Crippen molar-refractivity contribution in [2.24, 2.45) is 5.10 Å². The van der Waals surface area contributed by atoms with Crippen molar-refractivity contribution < 1.29 is 14.3 Å². The van der Waals surface area contributed by atoms with Crippen LogP contribution in [0.15, 0.2) is 47.6 Å². The van der Waals surface area contributed by atoms with E-state index in [4.69, 9.17) is 21.4 Å². The van der Waals surface area contributed by atoms with Gasteiger partial charge in [-0.25, -0.2) is 5.01 Å². The van der Waals surface area contributed by atoms with Gasteiger partial charge in [-0.15, -0.1) is 0 Å². The molecule has 0 aromatic heterocycles. The summed E-state index contributed by atoms with van der Waals surface area (Å²) < 4.78 is 5.27. The third-order valence-electron chi connectivity index (χ3n) is 6.64. The minimum Gasteiger partial charge on any atom is -0.465 e. The summed E-state index contributed by atoms with van der Waals surface area (Å²) in [5.41, 5.74) is 5.24. The Bertz CT molecular complexity index is 1080. The number of aryl methyl sites for hydroxylation is 2. The van der Waals surface area contributed by atoms with Gasteiger partial charge in [-0.3, -0.25) is 14.5 Å². The van der Waals surface area contributed by atoms with Crippen LogP contribution in [-0.4, -0.2) is 53.2 Å². The van der Waals surface area contributed by atoms with Crippen LogP contribution in [0.5, 0.6) is 0 Å². The molecule has 4 rings (SSSR count). The van der Waals surface area contributed by atoms with Crippen molar-refractivity contribution in [1.82, 2.24) is 9.91 Å². The predicted octanol–water partition coefficient (Wildman–Crippen LogP) is 5.05. The first-order chi connectivity index (χ1) is 16.4. The molecule has 0 aliphatic carbocycles. The van der Waals surface area contributed by atoms with E-state index in [2.05, 4.69) is 32.0 Å². The van der Waals surface area contributed by atoms with Gasteiger partial charge < -0.3 is 4.74 Å². The van der Waals surface area contributed by atoms with Gasteiger partial charge in [0.15, 0.2) is 0 Å². The van der Waals surface area contributed by atoms with E-state index in [1.807, 2.05) is 29.2 Å². The van der Waals surface area contributed by atoms with Crippen LogP contribution < -0.4 is 0 Å². The Balaban J connectivity index is 1.62. The van der Waals surface area contributed by atoms with Gasteiger partial charge in [0.2, 0.25) is 0 Å². The molecular formula is C27H32ClN3O3. The molecule has 2 heterocycles. The van der Waals surface area contributed by atoms with E-state index in [0.29, 0.717) is 31.0 Å². The molecule has 180 valence electrons. The molecular weight excluding hydrogens is 450 g/mol. The molecule has 0 radical (unpaired) electrons. The van der Waals surface area contributed by atoms with E-state index in [1.54, 1.807) is 11.9 Å². The van der Waals surface area contributed by atoms with Gasteiger partial charge >= 0.3 is 5.97 Å². The summed E-state index contributed by atoms with van der Waals surface area (Å²) in [5.74, 6) is -0.360. The Labute approximate surface area is 206 Å². The molecule has 2 aliphatic rings. The van der Waals surface area contributed by atoms with Crippen LogP contribution in [0.3, 0.4) is 0 Å². The van der Waals surface area contributed by atoms with E-state index in [9.17, 15) is 9.59 Å². The summed E-state index contributed by atoms with van der Waals surface area (Å²) in [7, 11) is 0. The van der Waals surface area contributed by atoms with E-state index in [0.717, 1.165) is 40.8 Å². The average Bonchev–Trinajstić information content (AvgIpc) is 3.27. The van der Waals surface area contributed by atoms with Crippen LogP contribution >= 0.6 is 11.6 Å². The van der Waals surface area contributed by atoms with E-state index in [-0.39, 0.29) is 30.5 Å². The van der Waals surface area contributed by atoms with E-state index < -0.39 is 0 Å². The van der Waals surface area contributed by atoms with Crippen LogP contribution in [-0.2, 0) is 14.3 Å². The maximum absolute atomic E-state index is 13.6. The second kappa shape index (κ2) is 10.7. The number of carbonyl (C=O) groups excluding carboxylic acids is 2. The van der Waals surface area contributed by atoms with Gasteiger partial charge in [0, 0.05) is 17.0 Å². The average molecular weight is 482 g/mol. The van der Waals surface area contributed by atoms with Gasteiger partial charge in [0.05, 0.1) is 24.9 Å². The van der Waals surface area contributed by atoms with Crippen LogP contribution in [0.25, 0.3) is 0 Å². The van der Waals surface area contributed by atoms with Crippen LogP contribution in [0.1, 0.15) is 60.9 Å². The molecule has 1 saturated heterocycles. The largest absolute Gasteiger partial charge is 0.465 e. The van der Waals surface area contributed by atoms with Crippen LogP contribution in [0.4, 0.5) is 0 Å². The van der Waals surface area contributed by atoms with Crippen molar-refractivity contribution in [1.29, 1.82) is 0 Å². The molecule has 34 heavy (non-hydrogen) atoms. The molecule has 2 aromatic carbocycles. The zero-order chi connectivity index (χ0) is 24.2. The Hall–Kier alpha value is -2.70. The summed E-state index contributed by atoms with van der Waals surface area (Å²) in [6, 6.07) is 13.3. The third kappa shape index (κ3) is 5.34. The van der Waals surface area contributed by atoms with Crippen molar-refractivity contribution in [2.45, 2.75) is 58.5 Å². The van der Waals surface area contributed by atoms with Gasteiger partial charge in [-0.1, -0.05) is 47.9 Å². The highest BCUT2D eigenvalue weighted by Crippen LogP contribution is 2.34. The minimum atomic E-state index is -0.378. The van der Waals surface area contributed by atoms with Crippen LogP contribution in [0, 0.1) is 13.8 Å². The Kier molecular flexibility index (Phi) is 7.69. The lowest BCUT2D eigenvalue weighted by Crippen LogP contribution is -2.49. The van der Waals surface area contributed by atoms with E-state index in [1.165, 1.54) is 0 Å². The number of esters is 1. The number of nitrogens with zero attached hydrogens (tertiary/aromatic N) is 3. The molecule has 7 heteroatoms. The van der Waals surface area contributed by atoms with Crippen LogP contribution in [0.2, 0.25) is 5.02 Å². The fraction of sp³-hybridized carbons (Fsp3) is 0.444. The molecule has 1 amide bonds. The zero-order valence-corrected chi connectivity index (χ0v) is 20.8. The van der Waals surface area contributed by atoms with E-state index >= 15 is 0 Å². The highest BCUT2D eigenvalue weighted by molar-refractivity contribution is 6.30. The maximum Gasteiger partial charge on any atom is 0.323 e. The Morgan fingerprint density at radius 2 is 1.88 bits per heavy atom. The first-order valence-electron chi connectivity index (χ1n) is 12.0. The molecule has 2 aromatic rings. The topological polar surface area (TPSA) is 62.2 Å². The molecule has 2 aliphatic heterocycles. The first kappa shape index (κ1) is 24.4. The first-order valence-corrected chi connectivity index (χ1v) is 12.4. The number of rotatable bonds is 6. The summed E-state index contributed by atoms with van der Waals surface area (Å²) in [5, 5.41) is 7.10. The molecule has 0 bridgehead atoms. The summed E-state index contributed by atoms with van der Waals surface area (Å²) >= 11 is 6.12. The number of hydrazone groups is 1. The number of amides is 1. The standard InChI is InChI=1S/C27H32ClN3O3/c1-4-34-27(33)24-7-5-6-14-30(24)17-26(32)31-25(20-10-12-21(28)13-11-20)16-23(29-31)22-15-18(2)8-9-19(22)3/h8-13,15,24-25H,4-7,14,16-17H2,1-3H3/t24-,25+/m0/s1. The normalized spacial score (nSPS) is 20.8. The highest BCUT2D eigenvalue weighted by atomic mass is 35.5. The maximum atomic E-state index is 13.6.